The number of rotatable bonds is 8. The molecule has 0 radical (unpaired) electrons. The Labute approximate surface area is 368 Å². The highest BCUT2D eigenvalue weighted by Crippen LogP contribution is 2.48. The maximum atomic E-state index is 14.4. The summed E-state index contributed by atoms with van der Waals surface area (Å²) in [5.41, 5.74) is 0.188. The summed E-state index contributed by atoms with van der Waals surface area (Å²) in [7, 11) is 3.23. The largest absolute Gasteiger partial charge is 0.462 e. The fourth-order valence-electron chi connectivity index (χ4n) is 11.0. The molecular weight excluding hydrogens is 801 g/mol. The number of methoxy groups -OCH3 is 2. The van der Waals surface area contributed by atoms with E-state index in [4.69, 9.17) is 47.4 Å². The van der Waals surface area contributed by atoms with Crippen molar-refractivity contribution in [1.29, 1.82) is 0 Å². The summed E-state index contributed by atoms with van der Waals surface area (Å²) in [5.74, 6) is -2.10. The zero-order valence-electron chi connectivity index (χ0n) is 38.5. The minimum atomic E-state index is -1.82. The van der Waals surface area contributed by atoms with Crippen LogP contribution in [0.15, 0.2) is 47.1 Å². The van der Waals surface area contributed by atoms with Crippen molar-refractivity contribution in [3.8, 4) is 0 Å². The molecule has 2 bridgehead atoms. The maximum absolute atomic E-state index is 14.4. The Morgan fingerprint density at radius 2 is 1.63 bits per heavy atom. The van der Waals surface area contributed by atoms with Crippen LogP contribution in [0.4, 0.5) is 0 Å². The van der Waals surface area contributed by atoms with Gasteiger partial charge in [0.1, 0.15) is 42.0 Å². The van der Waals surface area contributed by atoms with Gasteiger partial charge in [0.15, 0.2) is 18.4 Å². The van der Waals surface area contributed by atoms with Gasteiger partial charge in [0.05, 0.1) is 49.3 Å². The number of aliphatic hydroxyl groups is 3. The predicted molar refractivity (Wildman–Crippen MR) is 227 cm³/mol. The molecule has 0 amide bonds. The van der Waals surface area contributed by atoms with E-state index in [-0.39, 0.29) is 30.8 Å². The first-order valence-electron chi connectivity index (χ1n) is 23.2. The fourth-order valence-corrected chi connectivity index (χ4v) is 11.0. The summed E-state index contributed by atoms with van der Waals surface area (Å²) < 4.78 is 63.9. The molecule has 5 saturated heterocycles. The lowest BCUT2D eigenvalue weighted by atomic mass is 9.71. The van der Waals surface area contributed by atoms with E-state index in [0.29, 0.717) is 61.5 Å². The third-order valence-electron chi connectivity index (χ3n) is 14.9. The van der Waals surface area contributed by atoms with Gasteiger partial charge in [-0.05, 0) is 69.1 Å². The molecule has 1 spiro atoms. The number of aliphatic hydroxyl groups excluding tert-OH is 2. The lowest BCUT2D eigenvalue weighted by molar-refractivity contribution is -0.340. The van der Waals surface area contributed by atoms with Crippen molar-refractivity contribution in [3.63, 3.8) is 0 Å². The zero-order valence-corrected chi connectivity index (χ0v) is 38.5. The molecule has 6 heterocycles. The normalized spacial score (nSPS) is 49.4. The van der Waals surface area contributed by atoms with E-state index in [0.717, 1.165) is 18.4 Å². The minimum Gasteiger partial charge on any atom is -0.462 e. The summed E-state index contributed by atoms with van der Waals surface area (Å²) in [6.45, 7) is 16.3. The van der Waals surface area contributed by atoms with Gasteiger partial charge in [0.25, 0.3) is 0 Å². The van der Waals surface area contributed by atoms with Gasteiger partial charge in [0.2, 0.25) is 0 Å². The molecule has 0 aromatic heterocycles. The van der Waals surface area contributed by atoms with E-state index in [9.17, 15) is 20.1 Å². The molecule has 7 aliphatic rings. The molecule has 5 fully saturated rings. The molecular formula is C48H74O14. The van der Waals surface area contributed by atoms with E-state index in [1.54, 1.807) is 40.2 Å². The van der Waals surface area contributed by atoms with Crippen molar-refractivity contribution in [2.45, 2.75) is 204 Å². The molecule has 350 valence electrons. The van der Waals surface area contributed by atoms with E-state index >= 15 is 0 Å². The monoisotopic (exact) mass is 875 g/mol. The van der Waals surface area contributed by atoms with E-state index in [1.807, 2.05) is 19.1 Å². The zero-order chi connectivity index (χ0) is 44.7. The number of hydrogen-bond donors (Lipinski definition) is 3. The molecule has 14 nitrogen and oxygen atoms in total. The number of carbonyl (C=O) groups is 1. The molecule has 0 aromatic rings. The first-order valence-corrected chi connectivity index (χ1v) is 23.2. The number of esters is 1. The molecule has 6 aliphatic heterocycles. The number of ether oxygens (including phenoxy) is 10. The number of fused-ring (bicyclic) bond motifs is 2. The molecule has 10 unspecified atom stereocenters. The summed E-state index contributed by atoms with van der Waals surface area (Å²) in [6, 6.07) is 0. The molecule has 14 heteroatoms. The summed E-state index contributed by atoms with van der Waals surface area (Å²) >= 11 is 0. The van der Waals surface area contributed by atoms with Crippen LogP contribution in [0.5, 0.6) is 0 Å². The molecule has 7 rings (SSSR count). The Balaban J connectivity index is 1.18. The Hall–Kier alpha value is -2.05. The van der Waals surface area contributed by atoms with Gasteiger partial charge < -0.3 is 62.7 Å². The van der Waals surface area contributed by atoms with Gasteiger partial charge in [-0.15, -0.1) is 0 Å². The molecule has 0 aromatic carbocycles. The Morgan fingerprint density at radius 3 is 2.35 bits per heavy atom. The van der Waals surface area contributed by atoms with Crippen LogP contribution in [-0.4, -0.2) is 139 Å². The van der Waals surface area contributed by atoms with Crippen LogP contribution in [-0.2, 0) is 52.2 Å². The van der Waals surface area contributed by atoms with Crippen LogP contribution < -0.4 is 0 Å². The maximum Gasteiger partial charge on any atom is 0.316 e. The van der Waals surface area contributed by atoms with Crippen LogP contribution in [0.1, 0.15) is 107 Å². The highest BCUT2D eigenvalue weighted by atomic mass is 16.7. The highest BCUT2D eigenvalue weighted by Gasteiger charge is 2.60. The molecule has 62 heavy (non-hydrogen) atoms. The second-order valence-corrected chi connectivity index (χ2v) is 19.4. The molecule has 20 atom stereocenters. The van der Waals surface area contributed by atoms with Crippen LogP contribution in [0.2, 0.25) is 0 Å². The van der Waals surface area contributed by atoms with Crippen molar-refractivity contribution in [2.24, 2.45) is 23.7 Å². The lowest BCUT2D eigenvalue weighted by Crippen LogP contribution is -2.58. The fraction of sp³-hybridized carbons (Fsp3) is 0.812. The first-order chi connectivity index (χ1) is 29.5. The summed E-state index contributed by atoms with van der Waals surface area (Å²) in [4.78, 5) is 14.4. The second kappa shape index (κ2) is 19.8. The topological polar surface area (TPSA) is 170 Å². The second-order valence-electron chi connectivity index (χ2n) is 19.4. The van der Waals surface area contributed by atoms with Gasteiger partial charge >= 0.3 is 5.97 Å². The standard InChI is InChI=1S/C48H74O14/c1-11-25(2)43-28(5)17-18-47(62-43)23-34-20-33(61-47)16-15-27(4)42(26(3)13-12-14-32-24-55-45-40(49)29(6)19-35(46(51)58-34)48(32,45)52)59-39-22-37(54-10)44(31(8)57-39)60-38-21-36(53-9)41(50)30(7)56-38/h12-15,19,25-26,28,30-31,33-45,49-50,52H,11,16-18,20-24H2,1-10H3/b13-12+,27-15+,32-14+/t25?,26?,28?,30-,31-,33?,34-,35-,36-,37-,38-,39-,40+,41?,42?,43?,44?,45?,47+,48?/m0/s1. The van der Waals surface area contributed by atoms with Crippen LogP contribution in [0.3, 0.4) is 0 Å². The smallest absolute Gasteiger partial charge is 0.316 e. The Kier molecular flexibility index (Phi) is 15.3. The Bertz CT molecular complexity index is 1680. The average Bonchev–Trinajstić information content (AvgIpc) is 3.58. The van der Waals surface area contributed by atoms with Crippen molar-refractivity contribution < 1.29 is 67.5 Å². The van der Waals surface area contributed by atoms with Crippen molar-refractivity contribution in [1.82, 2.24) is 0 Å². The van der Waals surface area contributed by atoms with E-state index < -0.39 is 90.8 Å². The van der Waals surface area contributed by atoms with Crippen molar-refractivity contribution >= 4 is 5.97 Å². The van der Waals surface area contributed by atoms with E-state index in [2.05, 4.69) is 40.7 Å². The third-order valence-corrected chi connectivity index (χ3v) is 14.9. The summed E-state index contributed by atoms with van der Waals surface area (Å²) in [6.07, 6.45) is 6.53. The molecule has 3 N–H and O–H groups in total. The quantitative estimate of drug-likeness (QED) is 0.204. The number of allylic oxidation sites excluding steroid dienone is 2. The van der Waals surface area contributed by atoms with Crippen LogP contribution in [0, 0.1) is 23.7 Å². The highest BCUT2D eigenvalue weighted by molar-refractivity contribution is 5.78. The van der Waals surface area contributed by atoms with Gasteiger partial charge in [0, 0.05) is 52.2 Å². The average molecular weight is 875 g/mol. The lowest BCUT2D eigenvalue weighted by Gasteiger charge is -2.51. The molecule has 1 aliphatic carbocycles. The van der Waals surface area contributed by atoms with Gasteiger partial charge in [-0.25, -0.2) is 0 Å². The minimum absolute atomic E-state index is 0.00708. The van der Waals surface area contributed by atoms with Crippen molar-refractivity contribution in [3.05, 3.63) is 47.1 Å². The van der Waals surface area contributed by atoms with Gasteiger partial charge in [-0.2, -0.15) is 0 Å². The SMILES string of the molecule is CCC(C)C1O[C@]2(CCC1C)C[C@@H]1CC(C/C=C(\C)C(O[C@H]3C[C@H](OC)C(O[C@H]4C[C@H](OC)C(O)[C@H](C)O4)[C@H](C)O3)C(C)/C=C/C=C3\COC4[C@H](O)C(C)=C[C@@H](C(=O)O1)C34O)O2. The number of hydrogen-bond acceptors (Lipinski definition) is 14. The summed E-state index contributed by atoms with van der Waals surface area (Å²) in [5, 5.41) is 34.2. The molecule has 0 saturated carbocycles. The Morgan fingerprint density at radius 1 is 0.919 bits per heavy atom. The van der Waals surface area contributed by atoms with Crippen molar-refractivity contribution in [2.75, 3.05) is 20.8 Å². The van der Waals surface area contributed by atoms with E-state index in [1.165, 1.54) is 0 Å². The predicted octanol–water partition coefficient (Wildman–Crippen LogP) is 5.60. The first kappa shape index (κ1) is 47.9. The third kappa shape index (κ3) is 9.73. The number of carbonyl (C=O) groups excluding carboxylic acids is 1. The van der Waals surface area contributed by atoms with Crippen LogP contribution >= 0.6 is 0 Å². The van der Waals surface area contributed by atoms with Gasteiger partial charge in [-0.3, -0.25) is 4.79 Å². The van der Waals surface area contributed by atoms with Gasteiger partial charge in [-0.1, -0.05) is 64.5 Å². The van der Waals surface area contributed by atoms with Crippen LogP contribution in [0.25, 0.3) is 0 Å².